The van der Waals surface area contributed by atoms with Gasteiger partial charge in [0.05, 0.1) is 17.1 Å². The maximum absolute atomic E-state index is 13.4. The zero-order chi connectivity index (χ0) is 26.7. The van der Waals surface area contributed by atoms with E-state index >= 15 is 0 Å². The van der Waals surface area contributed by atoms with Gasteiger partial charge in [-0.3, -0.25) is 9.59 Å². The molecule has 0 aliphatic rings. The van der Waals surface area contributed by atoms with E-state index in [1.54, 1.807) is 36.4 Å². The minimum Gasteiger partial charge on any atom is -0.483 e. The highest BCUT2D eigenvalue weighted by Gasteiger charge is 2.23. The molecule has 1 amide bonds. The Kier molecular flexibility index (Phi) is 7.89. The van der Waals surface area contributed by atoms with E-state index in [4.69, 9.17) is 9.72 Å². The number of amides is 1. The molecule has 0 aliphatic carbocycles. The lowest BCUT2D eigenvalue weighted by atomic mass is 9.95. The van der Waals surface area contributed by atoms with Crippen LogP contribution in [0.3, 0.4) is 0 Å². The fraction of sp³-hybridized carbons (Fsp3) is 0.185. The first-order chi connectivity index (χ1) is 17.5. The number of nitrogens with one attached hydrogen (secondary N) is 1. The molecule has 1 N–H and O–H groups in total. The summed E-state index contributed by atoms with van der Waals surface area (Å²) in [6, 6.07) is 16.1. The predicted octanol–water partition coefficient (Wildman–Crippen LogP) is 6.26. The van der Waals surface area contributed by atoms with Gasteiger partial charge < -0.3 is 10.1 Å². The molecule has 37 heavy (non-hydrogen) atoms. The standard InChI is InChI=1S/C27H23Br2FN4O3/c1-27(2,3)26-33-22-9-7-18(29)12-21(22)25(36)34(26)31-14-16-11-17(28)8-10-23(16)37-15-24(35)32-20-6-4-5-19(30)13-20/h4-14H,15H2,1-3H3,(H,32,35). The van der Waals surface area contributed by atoms with Crippen LogP contribution in [0.4, 0.5) is 10.1 Å². The Balaban J connectivity index is 1.65. The Bertz CT molecular complexity index is 1580. The average Bonchev–Trinajstić information content (AvgIpc) is 2.82. The van der Waals surface area contributed by atoms with Gasteiger partial charge in [-0.25, -0.2) is 9.37 Å². The first-order valence-electron chi connectivity index (χ1n) is 11.3. The van der Waals surface area contributed by atoms with Crippen molar-refractivity contribution in [3.63, 3.8) is 0 Å². The van der Waals surface area contributed by atoms with E-state index in [0.717, 1.165) is 8.95 Å². The first kappa shape index (κ1) is 26.7. The average molecular weight is 630 g/mol. The number of fused-ring (bicyclic) bond motifs is 1. The molecule has 10 heteroatoms. The van der Waals surface area contributed by atoms with Gasteiger partial charge in [0.2, 0.25) is 0 Å². The maximum Gasteiger partial charge on any atom is 0.282 e. The number of ether oxygens (including phenoxy) is 1. The highest BCUT2D eigenvalue weighted by atomic mass is 79.9. The summed E-state index contributed by atoms with van der Waals surface area (Å²) in [4.78, 5) is 30.5. The van der Waals surface area contributed by atoms with Crippen molar-refractivity contribution in [3.8, 4) is 5.75 Å². The van der Waals surface area contributed by atoms with Crippen molar-refractivity contribution >= 4 is 60.6 Å². The van der Waals surface area contributed by atoms with Crippen LogP contribution < -0.4 is 15.6 Å². The largest absolute Gasteiger partial charge is 0.483 e. The molecule has 1 heterocycles. The molecule has 0 unspecified atom stereocenters. The zero-order valence-electron chi connectivity index (χ0n) is 20.3. The van der Waals surface area contributed by atoms with Gasteiger partial charge in [-0.2, -0.15) is 9.78 Å². The number of benzene rings is 3. The summed E-state index contributed by atoms with van der Waals surface area (Å²) in [6.45, 7) is 5.56. The Morgan fingerprint density at radius 1 is 1.11 bits per heavy atom. The third-order valence-electron chi connectivity index (χ3n) is 5.23. The molecule has 0 radical (unpaired) electrons. The van der Waals surface area contributed by atoms with Crippen LogP contribution in [-0.2, 0) is 10.2 Å². The van der Waals surface area contributed by atoms with Gasteiger partial charge in [0, 0.05) is 25.6 Å². The van der Waals surface area contributed by atoms with Crippen LogP contribution in [0.1, 0.15) is 32.2 Å². The number of aromatic nitrogens is 2. The summed E-state index contributed by atoms with van der Waals surface area (Å²) in [5.74, 6) is -0.0313. The fourth-order valence-electron chi connectivity index (χ4n) is 3.52. The summed E-state index contributed by atoms with van der Waals surface area (Å²) in [5.41, 5.74) is 0.674. The van der Waals surface area contributed by atoms with E-state index < -0.39 is 17.1 Å². The minimum absolute atomic E-state index is 0.306. The van der Waals surface area contributed by atoms with Crippen LogP contribution >= 0.6 is 31.9 Å². The van der Waals surface area contributed by atoms with E-state index in [1.165, 1.54) is 29.1 Å². The zero-order valence-corrected chi connectivity index (χ0v) is 23.4. The fourth-order valence-corrected chi connectivity index (χ4v) is 4.26. The SMILES string of the molecule is CC(C)(C)c1nc2ccc(Br)cc2c(=O)n1N=Cc1cc(Br)ccc1OCC(=O)Nc1cccc(F)c1. The summed E-state index contributed by atoms with van der Waals surface area (Å²) in [7, 11) is 0. The summed E-state index contributed by atoms with van der Waals surface area (Å²) in [5, 5.41) is 7.51. The number of rotatable bonds is 6. The van der Waals surface area contributed by atoms with Crippen LogP contribution in [0.25, 0.3) is 10.9 Å². The van der Waals surface area contributed by atoms with E-state index in [0.29, 0.717) is 33.7 Å². The Hall–Kier alpha value is -3.37. The Labute approximate surface area is 229 Å². The lowest BCUT2D eigenvalue weighted by Crippen LogP contribution is -2.29. The Morgan fingerprint density at radius 2 is 1.84 bits per heavy atom. The van der Waals surface area contributed by atoms with Crippen molar-refractivity contribution in [2.75, 3.05) is 11.9 Å². The van der Waals surface area contributed by atoms with E-state index in [2.05, 4.69) is 42.3 Å². The van der Waals surface area contributed by atoms with Crippen molar-refractivity contribution in [1.82, 2.24) is 9.66 Å². The molecule has 0 fully saturated rings. The molecule has 3 aromatic carbocycles. The van der Waals surface area contributed by atoms with Crippen molar-refractivity contribution < 1.29 is 13.9 Å². The lowest BCUT2D eigenvalue weighted by molar-refractivity contribution is -0.118. The van der Waals surface area contributed by atoms with E-state index in [9.17, 15) is 14.0 Å². The summed E-state index contributed by atoms with van der Waals surface area (Å²) in [6.07, 6.45) is 1.49. The number of carbonyl (C=O) groups is 1. The topological polar surface area (TPSA) is 85.6 Å². The monoisotopic (exact) mass is 628 g/mol. The molecule has 0 atom stereocenters. The van der Waals surface area contributed by atoms with Crippen LogP contribution in [-0.4, -0.2) is 28.4 Å². The number of carbonyl (C=O) groups excluding carboxylic acids is 1. The second-order valence-electron chi connectivity index (χ2n) is 9.24. The van der Waals surface area contributed by atoms with Crippen LogP contribution in [0.2, 0.25) is 0 Å². The molecule has 4 aromatic rings. The first-order valence-corrected chi connectivity index (χ1v) is 12.8. The molecule has 0 aliphatic heterocycles. The molecule has 7 nitrogen and oxygen atoms in total. The molecular formula is C27H23Br2FN4O3. The van der Waals surface area contributed by atoms with Gasteiger partial charge in [0.1, 0.15) is 17.4 Å². The van der Waals surface area contributed by atoms with Gasteiger partial charge in [0.15, 0.2) is 6.61 Å². The highest BCUT2D eigenvalue weighted by molar-refractivity contribution is 9.10. The van der Waals surface area contributed by atoms with E-state index in [1.807, 2.05) is 26.8 Å². The van der Waals surface area contributed by atoms with Gasteiger partial charge in [-0.05, 0) is 54.6 Å². The third kappa shape index (κ3) is 6.50. The van der Waals surface area contributed by atoms with Crippen molar-refractivity contribution in [1.29, 1.82) is 0 Å². The lowest BCUT2D eigenvalue weighted by Gasteiger charge is -2.21. The normalized spacial score (nSPS) is 11.7. The molecule has 0 spiro atoms. The number of halogens is 3. The molecule has 0 saturated carbocycles. The highest BCUT2D eigenvalue weighted by Crippen LogP contribution is 2.25. The molecule has 0 bridgehead atoms. The molecule has 1 aromatic heterocycles. The number of nitrogens with zero attached hydrogens (tertiary/aromatic N) is 3. The minimum atomic E-state index is -0.469. The van der Waals surface area contributed by atoms with Crippen LogP contribution in [0, 0.1) is 5.82 Å². The predicted molar refractivity (Wildman–Crippen MR) is 150 cm³/mol. The van der Waals surface area contributed by atoms with Crippen molar-refractivity contribution in [3.05, 3.63) is 97.2 Å². The molecular weight excluding hydrogens is 607 g/mol. The quantitative estimate of drug-likeness (QED) is 0.255. The van der Waals surface area contributed by atoms with E-state index in [-0.39, 0.29) is 12.2 Å². The number of anilines is 1. The maximum atomic E-state index is 13.4. The van der Waals surface area contributed by atoms with Gasteiger partial charge in [-0.1, -0.05) is 58.7 Å². The van der Waals surface area contributed by atoms with Gasteiger partial charge in [-0.15, -0.1) is 0 Å². The van der Waals surface area contributed by atoms with Crippen LogP contribution in [0.5, 0.6) is 5.75 Å². The van der Waals surface area contributed by atoms with Gasteiger partial charge >= 0.3 is 0 Å². The summed E-state index contributed by atoms with van der Waals surface area (Å²) >= 11 is 6.84. The van der Waals surface area contributed by atoms with Gasteiger partial charge in [0.25, 0.3) is 11.5 Å². The van der Waals surface area contributed by atoms with Crippen molar-refractivity contribution in [2.45, 2.75) is 26.2 Å². The second-order valence-corrected chi connectivity index (χ2v) is 11.1. The van der Waals surface area contributed by atoms with Crippen molar-refractivity contribution in [2.24, 2.45) is 5.10 Å². The molecule has 190 valence electrons. The Morgan fingerprint density at radius 3 is 2.57 bits per heavy atom. The molecule has 4 rings (SSSR count). The molecule has 0 saturated heterocycles. The number of hydrogen-bond donors (Lipinski definition) is 1. The smallest absolute Gasteiger partial charge is 0.282 e. The second kappa shape index (κ2) is 10.9. The number of hydrogen-bond acceptors (Lipinski definition) is 5. The van der Waals surface area contributed by atoms with Crippen LogP contribution in [0.15, 0.2) is 79.5 Å². The summed E-state index contributed by atoms with van der Waals surface area (Å²) < 4.78 is 21.9. The third-order valence-corrected chi connectivity index (χ3v) is 6.22.